The highest BCUT2D eigenvalue weighted by molar-refractivity contribution is 5.93. The van der Waals surface area contributed by atoms with Gasteiger partial charge in [0, 0.05) is 31.3 Å². The average Bonchev–Trinajstić information content (AvgIpc) is 3.38. The fourth-order valence-electron chi connectivity index (χ4n) is 4.13. The molecule has 6 nitrogen and oxygen atoms in total. The van der Waals surface area contributed by atoms with Gasteiger partial charge in [-0.15, -0.1) is 0 Å². The maximum atomic E-state index is 15.5. The van der Waals surface area contributed by atoms with E-state index < -0.39 is 100 Å². The molecule has 3 aliphatic rings. The van der Waals surface area contributed by atoms with Crippen LogP contribution in [0.25, 0.3) is 54.3 Å². The summed E-state index contributed by atoms with van der Waals surface area (Å²) in [6.45, 7) is 28.0. The lowest BCUT2D eigenvalue weighted by molar-refractivity contribution is 0.722. The van der Waals surface area contributed by atoms with Crippen molar-refractivity contribution in [3.05, 3.63) is 111 Å². The molecule has 0 spiro atoms. The fraction of sp³-hybridized carbons (Fsp3) is 0. The van der Waals surface area contributed by atoms with E-state index in [4.69, 9.17) is 36.8 Å². The van der Waals surface area contributed by atoms with Gasteiger partial charge in [-0.1, -0.05) is 0 Å². The first kappa shape index (κ1) is 23.3. The molecule has 168 valence electrons. The summed E-state index contributed by atoms with van der Waals surface area (Å²) in [5.74, 6) is -11.8. The van der Waals surface area contributed by atoms with Crippen LogP contribution in [0, 0.1) is 49.0 Å². The molecule has 0 saturated carbocycles. The van der Waals surface area contributed by atoms with E-state index in [9.17, 15) is 0 Å². The Morgan fingerprint density at radius 2 is 0.722 bits per heavy atom. The molecule has 0 amide bonds. The van der Waals surface area contributed by atoms with Crippen molar-refractivity contribution in [3.63, 3.8) is 0 Å². The van der Waals surface area contributed by atoms with E-state index in [1.165, 1.54) is 12.1 Å². The molecular formula is C24F6N6. The fourth-order valence-corrected chi connectivity index (χ4v) is 4.13. The van der Waals surface area contributed by atoms with Crippen molar-refractivity contribution in [1.82, 2.24) is 0 Å². The second-order valence-corrected chi connectivity index (χ2v) is 6.95. The number of nitriles is 2. The zero-order valence-corrected chi connectivity index (χ0v) is 17.0. The maximum absolute atomic E-state index is 15.5. The summed E-state index contributed by atoms with van der Waals surface area (Å²) in [7, 11) is 0. The zero-order chi connectivity index (χ0) is 26.6. The van der Waals surface area contributed by atoms with Crippen LogP contribution in [0.5, 0.6) is 0 Å². The summed E-state index contributed by atoms with van der Waals surface area (Å²) < 4.78 is 93.0. The van der Waals surface area contributed by atoms with Crippen LogP contribution in [-0.2, 0) is 0 Å². The van der Waals surface area contributed by atoms with E-state index in [0.29, 0.717) is 0 Å². The molecule has 0 fully saturated rings. The molecule has 0 bridgehead atoms. The summed E-state index contributed by atoms with van der Waals surface area (Å²) in [6, 6.07) is 2.44. The van der Waals surface area contributed by atoms with Gasteiger partial charge in [-0.2, -0.15) is 9.69 Å². The summed E-state index contributed by atoms with van der Waals surface area (Å²) in [6.07, 6.45) is 0. The summed E-state index contributed by atoms with van der Waals surface area (Å²) in [4.78, 5) is 10.7. The first-order chi connectivity index (χ1) is 17.2. The highest BCUT2D eigenvalue weighted by Crippen LogP contribution is 2.33. The van der Waals surface area contributed by atoms with Crippen molar-refractivity contribution in [2.24, 2.45) is 0 Å². The molecule has 0 atom stereocenters. The van der Waals surface area contributed by atoms with Gasteiger partial charge in [0.1, 0.15) is 53.7 Å². The van der Waals surface area contributed by atoms with Crippen molar-refractivity contribution >= 4 is 35.0 Å². The number of benzene rings is 1. The van der Waals surface area contributed by atoms with Crippen LogP contribution in [0.1, 0.15) is 0 Å². The Morgan fingerprint density at radius 1 is 0.472 bits per heavy atom. The molecule has 0 radical (unpaired) electrons. The van der Waals surface area contributed by atoms with Crippen molar-refractivity contribution in [3.8, 4) is 12.1 Å². The van der Waals surface area contributed by atoms with Crippen LogP contribution >= 0.6 is 0 Å². The van der Waals surface area contributed by atoms with Gasteiger partial charge >= 0.3 is 5.82 Å². The summed E-state index contributed by atoms with van der Waals surface area (Å²) in [5, 5.41) is 11.1. The number of halogens is 6. The molecule has 0 aromatic heterocycles. The lowest BCUT2D eigenvalue weighted by atomic mass is 10.1. The van der Waals surface area contributed by atoms with Crippen LogP contribution in [-0.4, -0.2) is 0 Å². The minimum absolute atomic E-state index is 1.18. The molecule has 1 aromatic carbocycles. The van der Waals surface area contributed by atoms with Gasteiger partial charge in [-0.05, 0) is 0 Å². The molecule has 4 rings (SSSR count). The predicted molar refractivity (Wildman–Crippen MR) is 110 cm³/mol. The Morgan fingerprint density at radius 3 is 0.917 bits per heavy atom. The largest absolute Gasteiger partial charge is 0.532 e. The highest BCUT2D eigenvalue weighted by Gasteiger charge is 2.38. The molecule has 0 aliphatic heterocycles. The van der Waals surface area contributed by atoms with Gasteiger partial charge in [-0.3, -0.25) is 0 Å². The molecular weight excluding hydrogens is 486 g/mol. The molecule has 0 N–H and O–H groups in total. The van der Waals surface area contributed by atoms with Gasteiger partial charge in [0.2, 0.25) is 0 Å². The third-order valence-electron chi connectivity index (χ3n) is 5.48. The average molecular weight is 486 g/mol. The van der Waals surface area contributed by atoms with E-state index >= 15 is 26.3 Å². The number of hydrogen-bond donors (Lipinski definition) is 0. The van der Waals surface area contributed by atoms with Crippen molar-refractivity contribution in [1.29, 1.82) is 10.5 Å². The van der Waals surface area contributed by atoms with Crippen LogP contribution in [0.15, 0.2) is 33.9 Å². The monoisotopic (exact) mass is 486 g/mol. The van der Waals surface area contributed by atoms with E-state index in [-0.39, 0.29) is 0 Å². The summed E-state index contributed by atoms with van der Waals surface area (Å²) >= 11 is 0. The van der Waals surface area contributed by atoms with Gasteiger partial charge in [0.15, 0.2) is 0 Å². The summed E-state index contributed by atoms with van der Waals surface area (Å²) in [5.41, 5.74) is -6.32. The van der Waals surface area contributed by atoms with E-state index in [0.717, 1.165) is 0 Å². The Balaban J connectivity index is 2.67. The van der Waals surface area contributed by atoms with Gasteiger partial charge < -0.3 is 0 Å². The zero-order valence-electron chi connectivity index (χ0n) is 17.0. The molecule has 0 heterocycles. The minimum Gasteiger partial charge on any atom is -0.226 e. The highest BCUT2D eigenvalue weighted by atomic mass is 19.2. The second kappa shape index (κ2) is 7.89. The number of allylic oxidation sites excluding steroid dienone is 5. The van der Waals surface area contributed by atoms with E-state index in [1.807, 2.05) is 0 Å². The Bertz CT molecular complexity index is 1720. The smallest absolute Gasteiger partial charge is 0.226 e. The van der Waals surface area contributed by atoms with E-state index in [2.05, 4.69) is 19.4 Å². The van der Waals surface area contributed by atoms with Gasteiger partial charge in [-0.25, -0.2) is 46.6 Å². The normalized spacial score (nSPS) is 17.8. The van der Waals surface area contributed by atoms with Crippen molar-refractivity contribution in [2.75, 3.05) is 0 Å². The quantitative estimate of drug-likeness (QED) is 0.318. The number of hydrogen-bond acceptors (Lipinski definition) is 2. The van der Waals surface area contributed by atoms with Crippen LogP contribution < -0.4 is 31.3 Å². The molecule has 0 unspecified atom stereocenters. The molecule has 1 aromatic rings. The first-order valence-electron chi connectivity index (χ1n) is 9.12. The third kappa shape index (κ3) is 2.56. The predicted octanol–water partition coefficient (Wildman–Crippen LogP) is 1.64. The van der Waals surface area contributed by atoms with Crippen LogP contribution in [0.3, 0.4) is 0 Å². The second-order valence-electron chi connectivity index (χ2n) is 6.95. The minimum atomic E-state index is -1.78. The third-order valence-corrected chi connectivity index (χ3v) is 5.48. The van der Waals surface area contributed by atoms with Crippen LogP contribution in [0.4, 0.5) is 26.3 Å². The lowest BCUT2D eigenvalue weighted by Crippen LogP contribution is -2.64. The molecule has 36 heavy (non-hydrogen) atoms. The lowest BCUT2D eigenvalue weighted by Gasteiger charge is -1.96. The van der Waals surface area contributed by atoms with Crippen molar-refractivity contribution in [2.45, 2.75) is 0 Å². The van der Waals surface area contributed by atoms with Gasteiger partial charge in [0.25, 0.3) is 11.4 Å². The van der Waals surface area contributed by atoms with E-state index in [1.54, 1.807) is 0 Å². The molecule has 12 heteroatoms. The molecule has 0 saturated heterocycles. The Hall–Kier alpha value is -5.82. The molecule has 3 aliphatic carbocycles. The topological polar surface area (TPSA) is 65.0 Å². The number of fused-ring (bicyclic) bond motifs is 6. The van der Waals surface area contributed by atoms with Gasteiger partial charge in [0.05, 0.1) is 36.4 Å². The van der Waals surface area contributed by atoms with Crippen molar-refractivity contribution < 1.29 is 26.3 Å². The SMILES string of the molecule is [C-]#[N+]C([N+]#[C-])=C1C(F)=c2c(c3c(c4c2=C(F)/C(=C(/C#N)[N+]#[C-])C=4F)=C(F)/C(=C(\C#N)[N+]#[C-])C=3F)=C1F. The maximum Gasteiger partial charge on any atom is 0.532 e. The standard InChI is InChI=1S/C24F6N6/c1-33-7(5-31)9-18(25)11-12-14(21(28)10(19(12)26)8(6-32)34-2)16-15(13(11)20(9)27)22(29)17(23(16)30)24(35-3)36-4/b9-7-,10-8-. The Labute approximate surface area is 195 Å². The first-order valence-corrected chi connectivity index (χ1v) is 9.12. The number of nitrogens with zero attached hydrogens (tertiary/aromatic N) is 6. The Kier molecular flexibility index (Phi) is 5.12. The van der Waals surface area contributed by atoms with Crippen LogP contribution in [0.2, 0.25) is 0 Å². The number of rotatable bonds is 0.